The SMILES string of the molecule is CCC(CC)CNC(C)CCCC(F)(F)F. The van der Waals surface area contributed by atoms with Crippen LogP contribution in [0.3, 0.4) is 0 Å². The van der Waals surface area contributed by atoms with Gasteiger partial charge in [-0.2, -0.15) is 13.2 Å². The Morgan fingerprint density at radius 1 is 1.12 bits per heavy atom. The summed E-state index contributed by atoms with van der Waals surface area (Å²) < 4.78 is 35.7. The molecule has 1 nitrogen and oxygen atoms in total. The minimum Gasteiger partial charge on any atom is -0.314 e. The van der Waals surface area contributed by atoms with Gasteiger partial charge < -0.3 is 5.32 Å². The average molecular weight is 239 g/mol. The molecule has 16 heavy (non-hydrogen) atoms. The van der Waals surface area contributed by atoms with Crippen LogP contribution in [0.2, 0.25) is 0 Å². The van der Waals surface area contributed by atoms with Crippen molar-refractivity contribution >= 4 is 0 Å². The van der Waals surface area contributed by atoms with E-state index in [0.717, 1.165) is 19.4 Å². The normalized spacial score (nSPS) is 14.4. The highest BCUT2D eigenvalue weighted by Crippen LogP contribution is 2.22. The van der Waals surface area contributed by atoms with Crippen molar-refractivity contribution in [3.05, 3.63) is 0 Å². The third kappa shape index (κ3) is 9.01. The van der Waals surface area contributed by atoms with Crippen molar-refractivity contribution in [1.82, 2.24) is 5.32 Å². The number of alkyl halides is 3. The fraction of sp³-hybridized carbons (Fsp3) is 1.00. The van der Waals surface area contributed by atoms with Gasteiger partial charge in [-0.25, -0.2) is 0 Å². The predicted molar refractivity (Wildman–Crippen MR) is 61.4 cm³/mol. The summed E-state index contributed by atoms with van der Waals surface area (Å²) in [4.78, 5) is 0. The lowest BCUT2D eigenvalue weighted by Crippen LogP contribution is -2.31. The number of hydrogen-bond donors (Lipinski definition) is 1. The molecule has 0 fully saturated rings. The molecular formula is C12H24F3N. The van der Waals surface area contributed by atoms with Crippen LogP contribution in [0.1, 0.15) is 52.9 Å². The molecule has 1 atom stereocenters. The molecule has 1 N–H and O–H groups in total. The van der Waals surface area contributed by atoms with Crippen LogP contribution in [0.15, 0.2) is 0 Å². The molecule has 0 rings (SSSR count). The molecule has 0 saturated carbocycles. The lowest BCUT2D eigenvalue weighted by molar-refractivity contribution is -0.135. The number of halogens is 3. The molecule has 0 aliphatic heterocycles. The molecule has 0 saturated heterocycles. The maximum atomic E-state index is 11.9. The standard InChI is InChI=1S/C12H24F3N/c1-4-11(5-2)9-16-10(3)7-6-8-12(13,14)15/h10-11,16H,4-9H2,1-3H3. The maximum absolute atomic E-state index is 11.9. The zero-order valence-electron chi connectivity index (χ0n) is 10.5. The van der Waals surface area contributed by atoms with E-state index in [1.807, 2.05) is 6.92 Å². The van der Waals surface area contributed by atoms with E-state index >= 15 is 0 Å². The third-order valence-electron chi connectivity index (χ3n) is 3.01. The van der Waals surface area contributed by atoms with Gasteiger partial charge in [0.05, 0.1) is 0 Å². The lowest BCUT2D eigenvalue weighted by atomic mass is 10.0. The molecule has 98 valence electrons. The Labute approximate surface area is 96.8 Å². The van der Waals surface area contributed by atoms with E-state index in [-0.39, 0.29) is 12.5 Å². The molecule has 0 spiro atoms. The second-order valence-electron chi connectivity index (χ2n) is 4.50. The molecular weight excluding hydrogens is 215 g/mol. The van der Waals surface area contributed by atoms with Gasteiger partial charge in [0.1, 0.15) is 0 Å². The minimum absolute atomic E-state index is 0.183. The first-order valence-electron chi connectivity index (χ1n) is 6.19. The molecule has 0 bridgehead atoms. The second-order valence-corrected chi connectivity index (χ2v) is 4.50. The fourth-order valence-electron chi connectivity index (χ4n) is 1.66. The third-order valence-corrected chi connectivity index (χ3v) is 3.01. The number of rotatable bonds is 8. The van der Waals surface area contributed by atoms with Crippen molar-refractivity contribution in [3.8, 4) is 0 Å². The van der Waals surface area contributed by atoms with Crippen LogP contribution < -0.4 is 5.32 Å². The summed E-state index contributed by atoms with van der Waals surface area (Å²) in [5.74, 6) is 0.644. The minimum atomic E-state index is -4.00. The van der Waals surface area contributed by atoms with Crippen molar-refractivity contribution in [2.75, 3.05) is 6.54 Å². The summed E-state index contributed by atoms with van der Waals surface area (Å²) >= 11 is 0. The van der Waals surface area contributed by atoms with Gasteiger partial charge in [0.25, 0.3) is 0 Å². The highest BCUT2D eigenvalue weighted by Gasteiger charge is 2.26. The Hall–Kier alpha value is -0.250. The average Bonchev–Trinajstić information content (AvgIpc) is 2.17. The molecule has 0 radical (unpaired) electrons. The van der Waals surface area contributed by atoms with Gasteiger partial charge in [0.15, 0.2) is 0 Å². The van der Waals surface area contributed by atoms with Crippen LogP contribution in [0.25, 0.3) is 0 Å². The Morgan fingerprint density at radius 3 is 2.12 bits per heavy atom. The van der Waals surface area contributed by atoms with Crippen LogP contribution in [-0.2, 0) is 0 Å². The Bertz CT molecular complexity index is 164. The van der Waals surface area contributed by atoms with Gasteiger partial charge in [0, 0.05) is 12.5 Å². The van der Waals surface area contributed by atoms with E-state index in [0.29, 0.717) is 12.3 Å². The Balaban J connectivity index is 3.55. The van der Waals surface area contributed by atoms with Gasteiger partial charge in [-0.1, -0.05) is 26.7 Å². The summed E-state index contributed by atoms with van der Waals surface area (Å²) in [5.41, 5.74) is 0. The van der Waals surface area contributed by atoms with Gasteiger partial charge in [-0.05, 0) is 32.2 Å². The van der Waals surface area contributed by atoms with Crippen molar-refractivity contribution in [2.24, 2.45) is 5.92 Å². The Kier molecular flexibility index (Phi) is 7.81. The summed E-state index contributed by atoms with van der Waals surface area (Å²) in [6.45, 7) is 7.16. The summed E-state index contributed by atoms with van der Waals surface area (Å²) in [7, 11) is 0. The van der Waals surface area contributed by atoms with E-state index in [4.69, 9.17) is 0 Å². The van der Waals surface area contributed by atoms with Crippen LogP contribution in [0, 0.1) is 5.92 Å². The zero-order valence-corrected chi connectivity index (χ0v) is 10.5. The first-order valence-corrected chi connectivity index (χ1v) is 6.19. The van der Waals surface area contributed by atoms with E-state index in [2.05, 4.69) is 19.2 Å². The summed E-state index contributed by atoms with van der Waals surface area (Å²) in [5, 5.41) is 3.30. The van der Waals surface area contributed by atoms with Crippen LogP contribution >= 0.6 is 0 Å². The van der Waals surface area contributed by atoms with Crippen molar-refractivity contribution < 1.29 is 13.2 Å². The van der Waals surface area contributed by atoms with Crippen LogP contribution in [0.5, 0.6) is 0 Å². The van der Waals surface area contributed by atoms with E-state index in [9.17, 15) is 13.2 Å². The smallest absolute Gasteiger partial charge is 0.314 e. The highest BCUT2D eigenvalue weighted by molar-refractivity contribution is 4.66. The molecule has 0 amide bonds. The predicted octanol–water partition coefficient (Wildman–Crippen LogP) is 4.13. The van der Waals surface area contributed by atoms with Crippen LogP contribution in [0.4, 0.5) is 13.2 Å². The molecule has 4 heteroatoms. The van der Waals surface area contributed by atoms with Gasteiger partial charge >= 0.3 is 6.18 Å². The quantitative estimate of drug-likeness (QED) is 0.671. The molecule has 0 aromatic rings. The lowest BCUT2D eigenvalue weighted by Gasteiger charge is -2.18. The van der Waals surface area contributed by atoms with Crippen molar-refractivity contribution in [3.63, 3.8) is 0 Å². The van der Waals surface area contributed by atoms with Gasteiger partial charge in [0.2, 0.25) is 0 Å². The molecule has 0 aliphatic rings. The molecule has 0 aromatic carbocycles. The second kappa shape index (κ2) is 7.93. The maximum Gasteiger partial charge on any atom is 0.389 e. The summed E-state index contributed by atoms with van der Waals surface area (Å²) in [6, 6.07) is 0.183. The summed E-state index contributed by atoms with van der Waals surface area (Å²) in [6.07, 6.45) is -1.60. The fourth-order valence-corrected chi connectivity index (χ4v) is 1.66. The number of nitrogens with one attached hydrogen (secondary N) is 1. The first kappa shape index (κ1) is 15.8. The molecule has 0 heterocycles. The van der Waals surface area contributed by atoms with E-state index in [1.165, 1.54) is 0 Å². The topological polar surface area (TPSA) is 12.0 Å². The molecule has 1 unspecified atom stereocenters. The van der Waals surface area contributed by atoms with E-state index in [1.54, 1.807) is 0 Å². The number of hydrogen-bond acceptors (Lipinski definition) is 1. The largest absolute Gasteiger partial charge is 0.389 e. The monoisotopic (exact) mass is 239 g/mol. The van der Waals surface area contributed by atoms with E-state index < -0.39 is 12.6 Å². The van der Waals surface area contributed by atoms with Gasteiger partial charge in [-0.15, -0.1) is 0 Å². The van der Waals surface area contributed by atoms with Crippen LogP contribution in [-0.4, -0.2) is 18.8 Å². The highest BCUT2D eigenvalue weighted by atomic mass is 19.4. The molecule has 0 aliphatic carbocycles. The molecule has 0 aromatic heterocycles. The van der Waals surface area contributed by atoms with Crippen molar-refractivity contribution in [1.29, 1.82) is 0 Å². The first-order chi connectivity index (χ1) is 7.39. The Morgan fingerprint density at radius 2 is 1.69 bits per heavy atom. The van der Waals surface area contributed by atoms with Gasteiger partial charge in [-0.3, -0.25) is 0 Å². The zero-order chi connectivity index (χ0) is 12.6. The van der Waals surface area contributed by atoms with Crippen molar-refractivity contribution in [2.45, 2.75) is 65.1 Å².